The van der Waals surface area contributed by atoms with Gasteiger partial charge in [0.15, 0.2) is 0 Å². The lowest BCUT2D eigenvalue weighted by Crippen LogP contribution is -2.23. The molecule has 0 aliphatic carbocycles. The number of methoxy groups -OCH3 is 1. The molecule has 0 bridgehead atoms. The van der Waals surface area contributed by atoms with Crippen LogP contribution in [0.15, 0.2) is 42.5 Å². The molecule has 0 radical (unpaired) electrons. The van der Waals surface area contributed by atoms with Gasteiger partial charge >= 0.3 is 0 Å². The molecule has 21 heavy (non-hydrogen) atoms. The normalized spacial score (nSPS) is 13.8. The van der Waals surface area contributed by atoms with Crippen LogP contribution in [0.2, 0.25) is 0 Å². The molecule has 112 valence electrons. The average molecular weight is 284 g/mol. The predicted octanol–water partition coefficient (Wildman–Crippen LogP) is 4.15. The Kier molecular flexibility index (Phi) is 4.69. The summed E-state index contributed by atoms with van der Waals surface area (Å²) in [4.78, 5) is 0. The van der Waals surface area contributed by atoms with Gasteiger partial charge in [0.05, 0.1) is 12.7 Å². The van der Waals surface area contributed by atoms with E-state index < -0.39 is 5.60 Å². The summed E-state index contributed by atoms with van der Waals surface area (Å²) < 4.78 is 5.16. The van der Waals surface area contributed by atoms with E-state index in [0.29, 0.717) is 6.42 Å². The number of rotatable bonds is 5. The monoisotopic (exact) mass is 284 g/mol. The first-order valence-corrected chi connectivity index (χ1v) is 7.35. The zero-order valence-electron chi connectivity index (χ0n) is 13.3. The first kappa shape index (κ1) is 15.6. The molecule has 0 fully saturated rings. The quantitative estimate of drug-likeness (QED) is 0.893. The van der Waals surface area contributed by atoms with E-state index in [1.54, 1.807) is 7.11 Å². The van der Waals surface area contributed by atoms with E-state index in [9.17, 15) is 5.11 Å². The highest BCUT2D eigenvalue weighted by molar-refractivity contribution is 5.35. The maximum atomic E-state index is 10.8. The molecule has 2 nitrogen and oxygen atoms in total. The topological polar surface area (TPSA) is 29.5 Å². The van der Waals surface area contributed by atoms with Gasteiger partial charge in [-0.1, -0.05) is 35.9 Å². The molecule has 2 heteroatoms. The van der Waals surface area contributed by atoms with E-state index in [4.69, 9.17) is 4.74 Å². The zero-order chi connectivity index (χ0) is 15.5. The summed E-state index contributed by atoms with van der Waals surface area (Å²) in [6.07, 6.45) is 1.54. The molecule has 0 spiro atoms. The van der Waals surface area contributed by atoms with Crippen molar-refractivity contribution in [2.45, 2.75) is 39.2 Å². The Morgan fingerprint density at radius 2 is 1.71 bits per heavy atom. The van der Waals surface area contributed by atoms with Crippen LogP contribution in [0.3, 0.4) is 0 Å². The highest BCUT2D eigenvalue weighted by Crippen LogP contribution is 2.29. The SMILES string of the molecule is COc1ccc(CCC(C)(O)c2cc(C)ccc2C)cc1. The Bertz CT molecular complexity index is 597. The number of aliphatic hydroxyl groups is 1. The average Bonchev–Trinajstić information content (AvgIpc) is 2.48. The van der Waals surface area contributed by atoms with Gasteiger partial charge in [-0.25, -0.2) is 0 Å². The summed E-state index contributed by atoms with van der Waals surface area (Å²) in [5, 5.41) is 10.8. The molecule has 0 aliphatic heterocycles. The minimum atomic E-state index is -0.809. The van der Waals surface area contributed by atoms with Gasteiger partial charge in [0.25, 0.3) is 0 Å². The maximum absolute atomic E-state index is 10.8. The highest BCUT2D eigenvalue weighted by atomic mass is 16.5. The third-order valence-corrected chi connectivity index (χ3v) is 4.03. The smallest absolute Gasteiger partial charge is 0.118 e. The summed E-state index contributed by atoms with van der Waals surface area (Å²) in [6.45, 7) is 6.01. The van der Waals surface area contributed by atoms with Crippen molar-refractivity contribution >= 4 is 0 Å². The Morgan fingerprint density at radius 1 is 1.05 bits per heavy atom. The van der Waals surface area contributed by atoms with Gasteiger partial charge in [-0.3, -0.25) is 0 Å². The van der Waals surface area contributed by atoms with Crippen LogP contribution in [0.25, 0.3) is 0 Å². The summed E-state index contributed by atoms with van der Waals surface area (Å²) in [6, 6.07) is 14.3. The van der Waals surface area contributed by atoms with Crippen LogP contribution < -0.4 is 4.74 Å². The Morgan fingerprint density at radius 3 is 2.33 bits per heavy atom. The fourth-order valence-electron chi connectivity index (χ4n) is 2.63. The molecule has 2 aromatic carbocycles. The molecular weight excluding hydrogens is 260 g/mol. The molecule has 2 aromatic rings. The standard InChI is InChI=1S/C19H24O2/c1-14-5-6-15(2)18(13-14)19(3,20)12-11-16-7-9-17(21-4)10-8-16/h5-10,13,20H,11-12H2,1-4H3. The van der Waals surface area contributed by atoms with Crippen LogP contribution in [-0.2, 0) is 12.0 Å². The van der Waals surface area contributed by atoms with Crippen molar-refractivity contribution in [3.05, 3.63) is 64.7 Å². The van der Waals surface area contributed by atoms with Crippen molar-refractivity contribution in [3.63, 3.8) is 0 Å². The van der Waals surface area contributed by atoms with E-state index in [0.717, 1.165) is 23.3 Å². The number of hydrogen-bond acceptors (Lipinski definition) is 2. The van der Waals surface area contributed by atoms with Crippen molar-refractivity contribution in [1.29, 1.82) is 0 Å². The third kappa shape index (κ3) is 3.85. The van der Waals surface area contributed by atoms with Gasteiger partial charge < -0.3 is 9.84 Å². The fraction of sp³-hybridized carbons (Fsp3) is 0.368. The van der Waals surface area contributed by atoms with Gasteiger partial charge in [0.1, 0.15) is 5.75 Å². The maximum Gasteiger partial charge on any atom is 0.118 e. The summed E-state index contributed by atoms with van der Waals surface area (Å²) in [7, 11) is 1.67. The lowest BCUT2D eigenvalue weighted by atomic mass is 9.86. The van der Waals surface area contributed by atoms with Crippen LogP contribution in [0.4, 0.5) is 0 Å². The van der Waals surface area contributed by atoms with Gasteiger partial charge in [-0.2, -0.15) is 0 Å². The molecule has 1 unspecified atom stereocenters. The predicted molar refractivity (Wildman–Crippen MR) is 86.8 cm³/mol. The van der Waals surface area contributed by atoms with E-state index in [-0.39, 0.29) is 0 Å². The van der Waals surface area contributed by atoms with Crippen molar-refractivity contribution in [2.24, 2.45) is 0 Å². The number of aryl methyl sites for hydroxylation is 3. The van der Waals surface area contributed by atoms with Crippen LogP contribution in [0, 0.1) is 13.8 Å². The number of hydrogen-bond donors (Lipinski definition) is 1. The van der Waals surface area contributed by atoms with Crippen LogP contribution in [-0.4, -0.2) is 12.2 Å². The Labute approximate surface area is 127 Å². The summed E-state index contributed by atoms with van der Waals surface area (Å²) in [5.41, 5.74) is 3.74. The minimum Gasteiger partial charge on any atom is -0.497 e. The van der Waals surface area contributed by atoms with Gasteiger partial charge in [-0.05, 0) is 62.4 Å². The largest absolute Gasteiger partial charge is 0.497 e. The second kappa shape index (κ2) is 6.31. The van der Waals surface area contributed by atoms with Crippen LogP contribution >= 0.6 is 0 Å². The second-order valence-electron chi connectivity index (χ2n) is 5.94. The van der Waals surface area contributed by atoms with Crippen molar-refractivity contribution in [1.82, 2.24) is 0 Å². The minimum absolute atomic E-state index is 0.698. The fourth-order valence-corrected chi connectivity index (χ4v) is 2.63. The molecular formula is C19H24O2. The van der Waals surface area contributed by atoms with E-state index in [1.165, 1.54) is 11.1 Å². The van der Waals surface area contributed by atoms with Gasteiger partial charge in [0.2, 0.25) is 0 Å². The van der Waals surface area contributed by atoms with Gasteiger partial charge in [0, 0.05) is 0 Å². The number of benzene rings is 2. The van der Waals surface area contributed by atoms with E-state index in [1.807, 2.05) is 19.1 Å². The lowest BCUT2D eigenvalue weighted by Gasteiger charge is -2.26. The molecule has 1 N–H and O–H groups in total. The second-order valence-corrected chi connectivity index (χ2v) is 5.94. The molecule has 0 amide bonds. The molecule has 0 saturated carbocycles. The van der Waals surface area contributed by atoms with Crippen molar-refractivity contribution in [3.8, 4) is 5.75 Å². The molecule has 0 aliphatic rings. The molecule has 1 atom stereocenters. The number of ether oxygens (including phenoxy) is 1. The third-order valence-electron chi connectivity index (χ3n) is 4.03. The van der Waals surface area contributed by atoms with Crippen LogP contribution in [0.1, 0.15) is 35.6 Å². The lowest BCUT2D eigenvalue weighted by molar-refractivity contribution is 0.0474. The highest BCUT2D eigenvalue weighted by Gasteiger charge is 2.24. The Balaban J connectivity index is 2.11. The van der Waals surface area contributed by atoms with Crippen molar-refractivity contribution < 1.29 is 9.84 Å². The molecule has 2 rings (SSSR count). The Hall–Kier alpha value is -1.80. The van der Waals surface area contributed by atoms with Gasteiger partial charge in [-0.15, -0.1) is 0 Å². The first-order valence-electron chi connectivity index (χ1n) is 7.35. The summed E-state index contributed by atoms with van der Waals surface area (Å²) in [5.74, 6) is 0.861. The van der Waals surface area contributed by atoms with Crippen molar-refractivity contribution in [2.75, 3.05) is 7.11 Å². The molecule has 0 heterocycles. The van der Waals surface area contributed by atoms with E-state index in [2.05, 4.69) is 44.2 Å². The summed E-state index contributed by atoms with van der Waals surface area (Å²) >= 11 is 0. The molecule has 0 saturated heterocycles. The molecule has 0 aromatic heterocycles. The first-order chi connectivity index (χ1) is 9.92. The van der Waals surface area contributed by atoms with Crippen LogP contribution in [0.5, 0.6) is 5.75 Å². The zero-order valence-corrected chi connectivity index (χ0v) is 13.3. The van der Waals surface area contributed by atoms with E-state index >= 15 is 0 Å².